The predicted molar refractivity (Wildman–Crippen MR) is 80.6 cm³/mol. The molecule has 1 aliphatic heterocycles. The molecule has 0 aliphatic carbocycles. The number of anilines is 1. The Morgan fingerprint density at radius 3 is 2.36 bits per heavy atom. The smallest absolute Gasteiger partial charge is 0.416 e. The first-order valence-electron chi connectivity index (χ1n) is 6.95. The Kier molecular flexibility index (Phi) is 4.44. The summed E-state index contributed by atoms with van der Waals surface area (Å²) >= 11 is 0. The lowest BCUT2D eigenvalue weighted by Crippen LogP contribution is -2.54. The van der Waals surface area contributed by atoms with Crippen molar-refractivity contribution in [3.8, 4) is 11.5 Å². The maximum Gasteiger partial charge on any atom is 0.416 e. The molecule has 0 spiro atoms. The summed E-state index contributed by atoms with van der Waals surface area (Å²) in [5, 5.41) is 0. The standard InChI is InChI=1S/C15H20N2O5/c1-6-22-15(19)17-9(2)16(3)14(18)10-7-12(20-4)13(21-5)8-11(10)17/h7-9H,6H2,1-5H3. The highest BCUT2D eigenvalue weighted by molar-refractivity contribution is 6.07. The van der Waals surface area contributed by atoms with Crippen LogP contribution < -0.4 is 14.4 Å². The lowest BCUT2D eigenvalue weighted by molar-refractivity contribution is 0.0713. The summed E-state index contributed by atoms with van der Waals surface area (Å²) in [6, 6.07) is 3.19. The maximum absolute atomic E-state index is 12.5. The minimum absolute atomic E-state index is 0.191. The summed E-state index contributed by atoms with van der Waals surface area (Å²) in [4.78, 5) is 27.7. The van der Waals surface area contributed by atoms with Gasteiger partial charge in [0.1, 0.15) is 6.17 Å². The van der Waals surface area contributed by atoms with E-state index in [0.717, 1.165) is 0 Å². The second-order valence-corrected chi connectivity index (χ2v) is 4.84. The third kappa shape index (κ3) is 2.43. The van der Waals surface area contributed by atoms with Crippen LogP contribution in [0.25, 0.3) is 0 Å². The average molecular weight is 308 g/mol. The van der Waals surface area contributed by atoms with Gasteiger partial charge >= 0.3 is 6.09 Å². The molecular formula is C15H20N2O5. The van der Waals surface area contributed by atoms with Gasteiger partial charge in [0, 0.05) is 13.1 Å². The van der Waals surface area contributed by atoms with E-state index in [1.165, 1.54) is 24.0 Å². The van der Waals surface area contributed by atoms with E-state index in [2.05, 4.69) is 0 Å². The van der Waals surface area contributed by atoms with E-state index in [-0.39, 0.29) is 12.5 Å². The van der Waals surface area contributed by atoms with Crippen LogP contribution in [0, 0.1) is 0 Å². The van der Waals surface area contributed by atoms with Crippen LogP contribution in [0.2, 0.25) is 0 Å². The van der Waals surface area contributed by atoms with Crippen LogP contribution >= 0.6 is 0 Å². The molecule has 0 N–H and O–H groups in total. The first kappa shape index (κ1) is 15.9. The van der Waals surface area contributed by atoms with Crippen LogP contribution in [0.4, 0.5) is 10.5 Å². The molecule has 7 heteroatoms. The van der Waals surface area contributed by atoms with Crippen LogP contribution in [0.5, 0.6) is 11.5 Å². The molecule has 0 aromatic heterocycles. The summed E-state index contributed by atoms with van der Waals surface area (Å²) in [5.41, 5.74) is 0.818. The van der Waals surface area contributed by atoms with Crippen molar-refractivity contribution in [2.24, 2.45) is 0 Å². The highest BCUT2D eigenvalue weighted by Gasteiger charge is 2.38. The average Bonchev–Trinajstić information content (AvgIpc) is 2.52. The SMILES string of the molecule is CCOC(=O)N1c2cc(OC)c(OC)cc2C(=O)N(C)C1C. The molecule has 2 amide bonds. The number of benzene rings is 1. The third-order valence-corrected chi connectivity index (χ3v) is 3.71. The van der Waals surface area contributed by atoms with E-state index in [0.29, 0.717) is 22.7 Å². The molecule has 1 aromatic rings. The Balaban J connectivity index is 2.62. The van der Waals surface area contributed by atoms with Crippen molar-refractivity contribution >= 4 is 17.7 Å². The van der Waals surface area contributed by atoms with Crippen LogP contribution in [0.15, 0.2) is 12.1 Å². The van der Waals surface area contributed by atoms with E-state index < -0.39 is 12.3 Å². The number of nitrogens with zero attached hydrogens (tertiary/aromatic N) is 2. The molecule has 1 unspecified atom stereocenters. The van der Waals surface area contributed by atoms with Gasteiger partial charge < -0.3 is 19.1 Å². The molecule has 2 rings (SSSR count). The van der Waals surface area contributed by atoms with Gasteiger partial charge in [-0.3, -0.25) is 9.69 Å². The Morgan fingerprint density at radius 2 is 1.82 bits per heavy atom. The number of hydrogen-bond acceptors (Lipinski definition) is 5. The number of rotatable bonds is 3. The molecule has 1 heterocycles. The van der Waals surface area contributed by atoms with Crippen molar-refractivity contribution < 1.29 is 23.8 Å². The lowest BCUT2D eigenvalue weighted by Gasteiger charge is -2.40. The minimum Gasteiger partial charge on any atom is -0.493 e. The summed E-state index contributed by atoms with van der Waals surface area (Å²) < 4.78 is 15.6. The second kappa shape index (κ2) is 6.13. The van der Waals surface area contributed by atoms with Gasteiger partial charge in [0.25, 0.3) is 5.91 Å². The van der Waals surface area contributed by atoms with Gasteiger partial charge in [0.2, 0.25) is 0 Å². The highest BCUT2D eigenvalue weighted by atomic mass is 16.6. The number of ether oxygens (including phenoxy) is 3. The van der Waals surface area contributed by atoms with Crippen molar-refractivity contribution in [2.45, 2.75) is 20.0 Å². The molecule has 0 bridgehead atoms. The third-order valence-electron chi connectivity index (χ3n) is 3.71. The lowest BCUT2D eigenvalue weighted by atomic mass is 10.1. The van der Waals surface area contributed by atoms with Crippen molar-refractivity contribution in [1.82, 2.24) is 4.90 Å². The van der Waals surface area contributed by atoms with Crippen LogP contribution in [-0.4, -0.2) is 50.9 Å². The van der Waals surface area contributed by atoms with Gasteiger partial charge in [-0.2, -0.15) is 0 Å². The largest absolute Gasteiger partial charge is 0.493 e. The number of carbonyl (C=O) groups is 2. The van der Waals surface area contributed by atoms with Gasteiger partial charge in [-0.15, -0.1) is 0 Å². The monoisotopic (exact) mass is 308 g/mol. The number of hydrogen-bond donors (Lipinski definition) is 0. The van der Waals surface area contributed by atoms with Crippen LogP contribution in [0.1, 0.15) is 24.2 Å². The van der Waals surface area contributed by atoms with E-state index in [4.69, 9.17) is 14.2 Å². The van der Waals surface area contributed by atoms with Crippen molar-refractivity contribution in [3.05, 3.63) is 17.7 Å². The number of amides is 2. The van der Waals surface area contributed by atoms with Crippen LogP contribution in [-0.2, 0) is 4.74 Å². The second-order valence-electron chi connectivity index (χ2n) is 4.84. The Bertz CT molecular complexity index is 602. The molecule has 1 atom stereocenters. The van der Waals surface area contributed by atoms with Gasteiger partial charge in [-0.25, -0.2) is 4.79 Å². The van der Waals surface area contributed by atoms with Crippen LogP contribution in [0.3, 0.4) is 0 Å². The van der Waals surface area contributed by atoms with E-state index in [1.807, 2.05) is 0 Å². The molecule has 22 heavy (non-hydrogen) atoms. The quantitative estimate of drug-likeness (QED) is 0.855. The molecule has 7 nitrogen and oxygen atoms in total. The van der Waals surface area contributed by atoms with E-state index in [1.54, 1.807) is 33.0 Å². The van der Waals surface area contributed by atoms with Gasteiger partial charge in [0.15, 0.2) is 11.5 Å². The van der Waals surface area contributed by atoms with Crippen molar-refractivity contribution in [3.63, 3.8) is 0 Å². The molecular weight excluding hydrogens is 288 g/mol. The van der Waals surface area contributed by atoms with Gasteiger partial charge in [-0.05, 0) is 19.9 Å². The Hall–Kier alpha value is -2.44. The normalized spacial score (nSPS) is 17.1. The molecule has 0 saturated heterocycles. The maximum atomic E-state index is 12.5. The fourth-order valence-corrected chi connectivity index (χ4v) is 2.42. The number of fused-ring (bicyclic) bond motifs is 1. The molecule has 1 aliphatic rings. The molecule has 120 valence electrons. The summed E-state index contributed by atoms with van der Waals surface area (Å²) in [7, 11) is 4.63. The number of methoxy groups -OCH3 is 2. The predicted octanol–water partition coefficient (Wildman–Crippen LogP) is 2.10. The van der Waals surface area contributed by atoms with Crippen molar-refractivity contribution in [1.29, 1.82) is 0 Å². The zero-order valence-corrected chi connectivity index (χ0v) is 13.4. The topological polar surface area (TPSA) is 68.3 Å². The minimum atomic E-state index is -0.511. The summed E-state index contributed by atoms with van der Waals surface area (Å²) in [6.45, 7) is 3.74. The van der Waals surface area contributed by atoms with Gasteiger partial charge in [0.05, 0.1) is 32.1 Å². The molecule has 0 radical (unpaired) electrons. The van der Waals surface area contributed by atoms with E-state index >= 15 is 0 Å². The first-order chi connectivity index (χ1) is 10.5. The highest BCUT2D eigenvalue weighted by Crippen LogP contribution is 2.39. The summed E-state index contributed by atoms with van der Waals surface area (Å²) in [6.07, 6.45) is -0.972. The molecule has 0 saturated carbocycles. The Morgan fingerprint density at radius 1 is 1.23 bits per heavy atom. The Labute approximate surface area is 129 Å². The zero-order valence-electron chi connectivity index (χ0n) is 13.4. The molecule has 0 fully saturated rings. The van der Waals surface area contributed by atoms with Gasteiger partial charge in [-0.1, -0.05) is 0 Å². The zero-order chi connectivity index (χ0) is 16.4. The van der Waals surface area contributed by atoms with Crippen molar-refractivity contribution in [2.75, 3.05) is 32.8 Å². The molecule has 1 aromatic carbocycles. The first-order valence-corrected chi connectivity index (χ1v) is 6.95. The number of carbonyl (C=O) groups excluding carboxylic acids is 2. The fraction of sp³-hybridized carbons (Fsp3) is 0.467. The fourth-order valence-electron chi connectivity index (χ4n) is 2.42. The van der Waals surface area contributed by atoms with E-state index in [9.17, 15) is 9.59 Å². The summed E-state index contributed by atoms with van der Waals surface area (Å²) in [5.74, 6) is 0.686.